The minimum absolute atomic E-state index is 0.167. The van der Waals surface area contributed by atoms with Crippen LogP contribution in [0.2, 0.25) is 0 Å². The summed E-state index contributed by atoms with van der Waals surface area (Å²) < 4.78 is 27.1. The lowest BCUT2D eigenvalue weighted by Gasteiger charge is -2.31. The van der Waals surface area contributed by atoms with Gasteiger partial charge in [-0.05, 0) is 50.1 Å². The van der Waals surface area contributed by atoms with Gasteiger partial charge < -0.3 is 5.32 Å². The van der Waals surface area contributed by atoms with E-state index in [2.05, 4.69) is 5.32 Å². The molecule has 5 heteroatoms. The van der Waals surface area contributed by atoms with Gasteiger partial charge in [-0.3, -0.25) is 0 Å². The SMILES string of the molecule is CC(C)(C)CS(=O)(=O)N(CC1CCNCC1)C1CC1. The van der Waals surface area contributed by atoms with E-state index in [1.54, 1.807) is 0 Å². The van der Waals surface area contributed by atoms with Crippen LogP contribution < -0.4 is 5.32 Å². The first kappa shape index (κ1) is 15.3. The van der Waals surface area contributed by atoms with Crippen molar-refractivity contribution in [2.75, 3.05) is 25.4 Å². The average molecular weight is 288 g/mol. The fourth-order valence-corrected chi connectivity index (χ4v) is 5.16. The maximum absolute atomic E-state index is 12.6. The highest BCUT2D eigenvalue weighted by atomic mass is 32.2. The van der Waals surface area contributed by atoms with Gasteiger partial charge in [0.05, 0.1) is 5.75 Å². The fourth-order valence-electron chi connectivity index (χ4n) is 2.80. The van der Waals surface area contributed by atoms with Gasteiger partial charge in [-0.1, -0.05) is 20.8 Å². The molecule has 1 aliphatic heterocycles. The first-order valence-electron chi connectivity index (χ1n) is 7.48. The van der Waals surface area contributed by atoms with Crippen LogP contribution in [0, 0.1) is 11.3 Å². The van der Waals surface area contributed by atoms with E-state index in [4.69, 9.17) is 0 Å². The molecule has 0 radical (unpaired) electrons. The summed E-state index contributed by atoms with van der Waals surface area (Å²) >= 11 is 0. The zero-order valence-corrected chi connectivity index (χ0v) is 13.3. The summed E-state index contributed by atoms with van der Waals surface area (Å²) in [5.41, 5.74) is -0.167. The maximum atomic E-state index is 12.6. The smallest absolute Gasteiger partial charge is 0.214 e. The van der Waals surface area contributed by atoms with Crippen molar-refractivity contribution >= 4 is 10.0 Å². The average Bonchev–Trinajstić information content (AvgIpc) is 3.07. The van der Waals surface area contributed by atoms with E-state index >= 15 is 0 Å². The van der Waals surface area contributed by atoms with E-state index in [1.165, 1.54) is 0 Å². The summed E-state index contributed by atoms with van der Waals surface area (Å²) in [4.78, 5) is 0. The molecular weight excluding hydrogens is 260 g/mol. The van der Waals surface area contributed by atoms with Crippen molar-refractivity contribution in [3.63, 3.8) is 0 Å². The van der Waals surface area contributed by atoms with Crippen LogP contribution in [0.5, 0.6) is 0 Å². The van der Waals surface area contributed by atoms with Gasteiger partial charge in [-0.15, -0.1) is 0 Å². The number of sulfonamides is 1. The van der Waals surface area contributed by atoms with E-state index < -0.39 is 10.0 Å². The third-order valence-electron chi connectivity index (χ3n) is 3.82. The van der Waals surface area contributed by atoms with Crippen molar-refractivity contribution in [3.05, 3.63) is 0 Å². The molecule has 0 aromatic heterocycles. The Morgan fingerprint density at radius 2 is 1.68 bits per heavy atom. The molecule has 2 rings (SSSR count). The van der Waals surface area contributed by atoms with Crippen LogP contribution >= 0.6 is 0 Å². The van der Waals surface area contributed by atoms with E-state index in [0.717, 1.165) is 45.3 Å². The van der Waals surface area contributed by atoms with Gasteiger partial charge in [0.2, 0.25) is 10.0 Å². The number of hydrogen-bond acceptors (Lipinski definition) is 3. The van der Waals surface area contributed by atoms with Crippen molar-refractivity contribution in [2.24, 2.45) is 11.3 Å². The van der Waals surface area contributed by atoms with Gasteiger partial charge in [0.25, 0.3) is 0 Å². The van der Waals surface area contributed by atoms with E-state index in [1.807, 2.05) is 25.1 Å². The highest BCUT2D eigenvalue weighted by Gasteiger charge is 2.39. The summed E-state index contributed by atoms with van der Waals surface area (Å²) in [5, 5.41) is 3.34. The van der Waals surface area contributed by atoms with Gasteiger partial charge in [0, 0.05) is 12.6 Å². The van der Waals surface area contributed by atoms with Crippen molar-refractivity contribution in [2.45, 2.75) is 52.5 Å². The summed E-state index contributed by atoms with van der Waals surface area (Å²) in [6.07, 6.45) is 4.31. The predicted octanol–water partition coefficient (Wildman–Crippen LogP) is 1.83. The summed E-state index contributed by atoms with van der Waals surface area (Å²) in [6.45, 7) is 8.80. The van der Waals surface area contributed by atoms with Crippen LogP contribution in [0.1, 0.15) is 46.5 Å². The molecule has 0 unspecified atom stereocenters. The molecule has 1 aliphatic carbocycles. The van der Waals surface area contributed by atoms with Gasteiger partial charge in [-0.25, -0.2) is 8.42 Å². The maximum Gasteiger partial charge on any atom is 0.214 e. The Kier molecular flexibility index (Phi) is 4.58. The lowest BCUT2D eigenvalue weighted by Crippen LogP contribution is -2.43. The quantitative estimate of drug-likeness (QED) is 0.839. The number of rotatable bonds is 5. The summed E-state index contributed by atoms with van der Waals surface area (Å²) in [7, 11) is -3.10. The van der Waals surface area contributed by atoms with Gasteiger partial charge in [0.1, 0.15) is 0 Å². The second kappa shape index (κ2) is 5.70. The molecular formula is C14H28N2O2S. The number of nitrogens with one attached hydrogen (secondary N) is 1. The van der Waals surface area contributed by atoms with Gasteiger partial charge in [0.15, 0.2) is 0 Å². The molecule has 1 N–H and O–H groups in total. The fraction of sp³-hybridized carbons (Fsp3) is 1.00. The molecule has 0 aromatic carbocycles. The van der Waals surface area contributed by atoms with Gasteiger partial charge in [-0.2, -0.15) is 4.31 Å². The Morgan fingerprint density at radius 3 is 2.16 bits per heavy atom. The van der Waals surface area contributed by atoms with E-state index in [-0.39, 0.29) is 11.2 Å². The van der Waals surface area contributed by atoms with Crippen LogP contribution in [-0.2, 0) is 10.0 Å². The molecule has 0 aromatic rings. The molecule has 2 aliphatic rings. The molecule has 112 valence electrons. The lowest BCUT2D eigenvalue weighted by molar-refractivity contribution is 0.280. The van der Waals surface area contributed by atoms with Crippen molar-refractivity contribution in [3.8, 4) is 0 Å². The molecule has 4 nitrogen and oxygen atoms in total. The van der Waals surface area contributed by atoms with E-state index in [0.29, 0.717) is 12.0 Å². The zero-order chi connectivity index (χ0) is 14.1. The summed E-state index contributed by atoms with van der Waals surface area (Å²) in [6, 6.07) is 0.294. The number of nitrogens with zero attached hydrogens (tertiary/aromatic N) is 1. The lowest BCUT2D eigenvalue weighted by atomic mass is 9.98. The number of piperidine rings is 1. The van der Waals surface area contributed by atoms with Crippen molar-refractivity contribution in [1.29, 1.82) is 0 Å². The second-order valence-electron chi connectivity index (χ2n) is 7.31. The molecule has 0 spiro atoms. The minimum atomic E-state index is -3.10. The normalized spacial score (nSPS) is 22.9. The highest BCUT2D eigenvalue weighted by Crippen LogP contribution is 2.33. The Bertz CT molecular complexity index is 390. The Labute approximate surface area is 118 Å². The molecule has 1 saturated carbocycles. The first-order chi connectivity index (χ1) is 8.78. The van der Waals surface area contributed by atoms with Crippen LogP contribution in [0.15, 0.2) is 0 Å². The second-order valence-corrected chi connectivity index (χ2v) is 9.23. The number of hydrogen-bond donors (Lipinski definition) is 1. The molecule has 19 heavy (non-hydrogen) atoms. The molecule has 0 atom stereocenters. The zero-order valence-electron chi connectivity index (χ0n) is 12.5. The third-order valence-corrected chi connectivity index (χ3v) is 6.22. The highest BCUT2D eigenvalue weighted by molar-refractivity contribution is 7.89. The standard InChI is InChI=1S/C14H28N2O2S/c1-14(2,3)11-19(17,18)16(13-4-5-13)10-12-6-8-15-9-7-12/h12-13,15H,4-11H2,1-3H3. The Morgan fingerprint density at radius 1 is 1.11 bits per heavy atom. The Hall–Kier alpha value is -0.130. The topological polar surface area (TPSA) is 49.4 Å². The van der Waals surface area contributed by atoms with Gasteiger partial charge >= 0.3 is 0 Å². The molecule has 1 heterocycles. The predicted molar refractivity (Wildman–Crippen MR) is 78.6 cm³/mol. The van der Waals surface area contributed by atoms with Crippen LogP contribution in [-0.4, -0.2) is 44.2 Å². The molecule has 2 fully saturated rings. The monoisotopic (exact) mass is 288 g/mol. The van der Waals surface area contributed by atoms with Crippen molar-refractivity contribution in [1.82, 2.24) is 9.62 Å². The van der Waals surface area contributed by atoms with Crippen LogP contribution in [0.4, 0.5) is 0 Å². The van der Waals surface area contributed by atoms with Crippen LogP contribution in [0.3, 0.4) is 0 Å². The largest absolute Gasteiger partial charge is 0.317 e. The van der Waals surface area contributed by atoms with E-state index in [9.17, 15) is 8.42 Å². The van der Waals surface area contributed by atoms with Crippen LogP contribution in [0.25, 0.3) is 0 Å². The molecule has 1 saturated heterocycles. The minimum Gasteiger partial charge on any atom is -0.317 e. The first-order valence-corrected chi connectivity index (χ1v) is 9.09. The Balaban J connectivity index is 2.02. The molecule has 0 bridgehead atoms. The van der Waals surface area contributed by atoms with Crippen molar-refractivity contribution < 1.29 is 8.42 Å². The molecule has 0 amide bonds. The summed E-state index contributed by atoms with van der Waals surface area (Å²) in [5.74, 6) is 0.804. The third kappa shape index (κ3) is 4.72.